The van der Waals surface area contributed by atoms with E-state index >= 15 is 0 Å². The minimum absolute atomic E-state index is 0.0893. The van der Waals surface area contributed by atoms with E-state index in [1.807, 2.05) is 12.1 Å². The Morgan fingerprint density at radius 1 is 1.47 bits per heavy atom. The maximum atomic E-state index is 11.6. The number of aliphatic hydroxyl groups excluding tert-OH is 1. The molecule has 0 bridgehead atoms. The van der Waals surface area contributed by atoms with Crippen molar-refractivity contribution in [1.29, 1.82) is 0 Å². The summed E-state index contributed by atoms with van der Waals surface area (Å²) in [5.41, 5.74) is 6.42. The van der Waals surface area contributed by atoms with Crippen molar-refractivity contribution in [2.24, 2.45) is 5.73 Å². The van der Waals surface area contributed by atoms with E-state index in [1.54, 1.807) is 12.1 Å². The lowest BCUT2D eigenvalue weighted by molar-refractivity contribution is -0.118. The molecule has 4 N–H and O–H groups in total. The minimum atomic E-state index is -0.678. The van der Waals surface area contributed by atoms with Crippen molar-refractivity contribution in [3.8, 4) is 0 Å². The van der Waals surface area contributed by atoms with Gasteiger partial charge in [0.15, 0.2) is 0 Å². The maximum Gasteiger partial charge on any atom is 0.244 e. The number of para-hydroxylation sites is 1. The number of rotatable bonds is 3. The highest BCUT2D eigenvalue weighted by atomic mass is 16.3. The molecule has 1 aliphatic carbocycles. The summed E-state index contributed by atoms with van der Waals surface area (Å²) < 4.78 is 0. The van der Waals surface area contributed by atoms with Crippen molar-refractivity contribution >= 4 is 11.6 Å². The molecule has 4 nitrogen and oxygen atoms in total. The first-order valence-electron chi connectivity index (χ1n) is 4.95. The highest BCUT2D eigenvalue weighted by molar-refractivity contribution is 6.00. The molecule has 0 radical (unpaired) electrons. The van der Waals surface area contributed by atoms with Gasteiger partial charge in [-0.15, -0.1) is 0 Å². The summed E-state index contributed by atoms with van der Waals surface area (Å²) in [5.74, 6) is -0.164. The largest absolute Gasteiger partial charge is 0.392 e. The van der Waals surface area contributed by atoms with Gasteiger partial charge in [-0.1, -0.05) is 18.2 Å². The lowest BCUT2D eigenvalue weighted by Gasteiger charge is -2.12. The summed E-state index contributed by atoms with van der Waals surface area (Å²) in [6.07, 6.45) is 1.47. The lowest BCUT2D eigenvalue weighted by atomic mass is 10.1. The van der Waals surface area contributed by atoms with Gasteiger partial charge in [-0.3, -0.25) is 4.79 Å². The van der Waals surface area contributed by atoms with E-state index in [0.717, 1.165) is 12.8 Å². The van der Waals surface area contributed by atoms with Gasteiger partial charge in [-0.25, -0.2) is 0 Å². The topological polar surface area (TPSA) is 75.4 Å². The molecule has 1 aromatic carbocycles. The second kappa shape index (κ2) is 3.64. The molecule has 1 fully saturated rings. The molecule has 1 saturated carbocycles. The standard InChI is InChI=1S/C11H14N2O2/c12-11(5-6-11)10(15)13-9-4-2-1-3-8(9)7-14/h1-4,14H,5-7,12H2,(H,13,15). The molecular weight excluding hydrogens is 192 g/mol. The molecule has 0 heterocycles. The highest BCUT2D eigenvalue weighted by Gasteiger charge is 2.46. The Kier molecular flexibility index (Phi) is 2.46. The third kappa shape index (κ3) is 2.00. The molecule has 80 valence electrons. The van der Waals surface area contributed by atoms with Crippen molar-refractivity contribution < 1.29 is 9.90 Å². The number of carbonyl (C=O) groups excluding carboxylic acids is 1. The molecule has 0 aromatic heterocycles. The van der Waals surface area contributed by atoms with E-state index in [9.17, 15) is 4.79 Å². The van der Waals surface area contributed by atoms with Crippen LogP contribution in [0.1, 0.15) is 18.4 Å². The van der Waals surface area contributed by atoms with E-state index in [-0.39, 0.29) is 12.5 Å². The van der Waals surface area contributed by atoms with Gasteiger partial charge in [0.25, 0.3) is 0 Å². The fourth-order valence-electron chi connectivity index (χ4n) is 1.39. The molecule has 0 spiro atoms. The molecule has 4 heteroatoms. The minimum Gasteiger partial charge on any atom is -0.392 e. The van der Waals surface area contributed by atoms with Crippen LogP contribution in [0.5, 0.6) is 0 Å². The molecule has 0 aliphatic heterocycles. The molecule has 0 atom stereocenters. The second-order valence-electron chi connectivity index (χ2n) is 3.93. The van der Waals surface area contributed by atoms with Crippen LogP contribution in [-0.2, 0) is 11.4 Å². The summed E-state index contributed by atoms with van der Waals surface area (Å²) in [4.78, 5) is 11.6. The Morgan fingerprint density at radius 3 is 2.73 bits per heavy atom. The number of carbonyl (C=O) groups is 1. The van der Waals surface area contributed by atoms with E-state index in [1.165, 1.54) is 0 Å². The molecular formula is C11H14N2O2. The monoisotopic (exact) mass is 206 g/mol. The Bertz CT molecular complexity index is 386. The maximum absolute atomic E-state index is 11.6. The molecule has 1 aromatic rings. The summed E-state index contributed by atoms with van der Waals surface area (Å²) >= 11 is 0. The summed E-state index contributed by atoms with van der Waals surface area (Å²) in [7, 11) is 0. The van der Waals surface area contributed by atoms with Crippen LogP contribution in [-0.4, -0.2) is 16.6 Å². The van der Waals surface area contributed by atoms with Gasteiger partial charge < -0.3 is 16.2 Å². The number of amides is 1. The first-order valence-corrected chi connectivity index (χ1v) is 4.95. The van der Waals surface area contributed by atoms with Crippen LogP contribution in [0.25, 0.3) is 0 Å². The van der Waals surface area contributed by atoms with E-state index in [4.69, 9.17) is 10.8 Å². The van der Waals surface area contributed by atoms with E-state index in [2.05, 4.69) is 5.32 Å². The van der Waals surface area contributed by atoms with Crippen molar-refractivity contribution in [3.05, 3.63) is 29.8 Å². The van der Waals surface area contributed by atoms with Crippen LogP contribution in [0.2, 0.25) is 0 Å². The van der Waals surface area contributed by atoms with Gasteiger partial charge in [-0.05, 0) is 18.9 Å². The molecule has 2 rings (SSSR count). The fourth-order valence-corrected chi connectivity index (χ4v) is 1.39. The van der Waals surface area contributed by atoms with E-state index < -0.39 is 5.54 Å². The number of hydrogen-bond donors (Lipinski definition) is 3. The van der Waals surface area contributed by atoms with Crippen LogP contribution in [0, 0.1) is 0 Å². The number of anilines is 1. The fraction of sp³-hybridized carbons (Fsp3) is 0.364. The average Bonchev–Trinajstić information content (AvgIpc) is 2.99. The zero-order valence-electron chi connectivity index (χ0n) is 8.36. The molecule has 1 amide bonds. The van der Waals surface area contributed by atoms with Gasteiger partial charge in [0.2, 0.25) is 5.91 Å². The number of hydrogen-bond acceptors (Lipinski definition) is 3. The SMILES string of the molecule is NC1(C(=O)Nc2ccccc2CO)CC1. The molecule has 0 saturated heterocycles. The summed E-state index contributed by atoms with van der Waals surface area (Å²) in [6, 6.07) is 7.16. The quantitative estimate of drug-likeness (QED) is 0.678. The van der Waals surface area contributed by atoms with Crippen LogP contribution in [0.15, 0.2) is 24.3 Å². The smallest absolute Gasteiger partial charge is 0.244 e. The van der Waals surface area contributed by atoms with Crippen molar-refractivity contribution in [3.63, 3.8) is 0 Å². The Balaban J connectivity index is 2.13. The highest BCUT2D eigenvalue weighted by Crippen LogP contribution is 2.33. The predicted octanol–water partition coefficient (Wildman–Crippen LogP) is 0.609. The van der Waals surface area contributed by atoms with Crippen molar-refractivity contribution in [2.45, 2.75) is 25.0 Å². The van der Waals surface area contributed by atoms with Crippen LogP contribution < -0.4 is 11.1 Å². The molecule has 1 aliphatic rings. The van der Waals surface area contributed by atoms with E-state index in [0.29, 0.717) is 11.3 Å². The predicted molar refractivity (Wildman–Crippen MR) is 57.1 cm³/mol. The van der Waals surface area contributed by atoms with Gasteiger partial charge in [-0.2, -0.15) is 0 Å². The van der Waals surface area contributed by atoms with Crippen molar-refractivity contribution in [2.75, 3.05) is 5.32 Å². The Morgan fingerprint density at radius 2 is 2.13 bits per heavy atom. The van der Waals surface area contributed by atoms with Crippen LogP contribution in [0.3, 0.4) is 0 Å². The summed E-state index contributed by atoms with van der Waals surface area (Å²) in [6.45, 7) is -0.0893. The van der Waals surface area contributed by atoms with Gasteiger partial charge in [0, 0.05) is 11.3 Å². The average molecular weight is 206 g/mol. The number of nitrogens with two attached hydrogens (primary N) is 1. The number of benzene rings is 1. The number of nitrogens with one attached hydrogen (secondary N) is 1. The molecule has 15 heavy (non-hydrogen) atoms. The zero-order chi connectivity index (χ0) is 10.9. The van der Waals surface area contributed by atoms with Gasteiger partial charge in [0.05, 0.1) is 12.1 Å². The third-order valence-electron chi connectivity index (χ3n) is 2.68. The first kappa shape index (κ1) is 10.1. The van der Waals surface area contributed by atoms with Gasteiger partial charge >= 0.3 is 0 Å². The zero-order valence-corrected chi connectivity index (χ0v) is 8.36. The second-order valence-corrected chi connectivity index (χ2v) is 3.93. The van der Waals surface area contributed by atoms with Crippen LogP contribution in [0.4, 0.5) is 5.69 Å². The lowest BCUT2D eigenvalue weighted by Crippen LogP contribution is -2.38. The molecule has 0 unspecified atom stereocenters. The Hall–Kier alpha value is -1.39. The van der Waals surface area contributed by atoms with Crippen molar-refractivity contribution in [1.82, 2.24) is 0 Å². The normalized spacial score (nSPS) is 17.2. The van der Waals surface area contributed by atoms with Crippen LogP contribution >= 0.6 is 0 Å². The van der Waals surface area contributed by atoms with Gasteiger partial charge in [0.1, 0.15) is 0 Å². The Labute approximate surface area is 88.1 Å². The first-order chi connectivity index (χ1) is 7.15. The third-order valence-corrected chi connectivity index (χ3v) is 2.68. The summed E-state index contributed by atoms with van der Waals surface area (Å²) in [5, 5.41) is 11.8. The number of aliphatic hydroxyl groups is 1.